The summed E-state index contributed by atoms with van der Waals surface area (Å²) in [6.07, 6.45) is 8.42. The molecule has 6 heteroatoms. The van der Waals surface area contributed by atoms with E-state index in [1.54, 1.807) is 6.20 Å². The van der Waals surface area contributed by atoms with Crippen LogP contribution < -0.4 is 10.6 Å². The molecule has 1 aromatic carbocycles. The predicted molar refractivity (Wildman–Crippen MR) is 133 cm³/mol. The first-order valence-electron chi connectivity index (χ1n) is 11.5. The summed E-state index contributed by atoms with van der Waals surface area (Å²) in [6, 6.07) is 8.30. The number of nitrogens with zero attached hydrogens (tertiary/aromatic N) is 3. The number of amidine groups is 1. The number of hydrogen-bond donors (Lipinski definition) is 2. The Morgan fingerprint density at radius 1 is 1.28 bits per heavy atom. The van der Waals surface area contributed by atoms with Crippen LogP contribution in [0.1, 0.15) is 44.2 Å². The first-order valence-corrected chi connectivity index (χ1v) is 11.5. The largest absolute Gasteiger partial charge is 0.366 e. The van der Waals surface area contributed by atoms with Crippen molar-refractivity contribution in [3.63, 3.8) is 0 Å². The molecule has 0 aliphatic carbocycles. The molecule has 1 amide bonds. The highest BCUT2D eigenvalue weighted by Crippen LogP contribution is 2.22. The van der Waals surface area contributed by atoms with Gasteiger partial charge in [0.05, 0.1) is 5.71 Å². The monoisotopic (exact) mass is 433 g/mol. The van der Waals surface area contributed by atoms with E-state index in [0.717, 1.165) is 56.0 Å². The van der Waals surface area contributed by atoms with Gasteiger partial charge in [0.1, 0.15) is 11.7 Å². The van der Waals surface area contributed by atoms with E-state index in [1.807, 2.05) is 25.1 Å². The van der Waals surface area contributed by atoms with Gasteiger partial charge in [-0.1, -0.05) is 43.8 Å². The van der Waals surface area contributed by atoms with E-state index in [1.165, 1.54) is 11.1 Å². The Kier molecular flexibility index (Phi) is 8.42. The topological polar surface area (TPSA) is 69.1 Å². The number of amides is 1. The first kappa shape index (κ1) is 23.5. The minimum absolute atomic E-state index is 0.0881. The van der Waals surface area contributed by atoms with Crippen LogP contribution in [0.5, 0.6) is 0 Å². The summed E-state index contributed by atoms with van der Waals surface area (Å²) in [5.74, 6) is 1.82. The molecule has 32 heavy (non-hydrogen) atoms. The van der Waals surface area contributed by atoms with Gasteiger partial charge in [-0.2, -0.15) is 0 Å². The molecule has 1 aromatic rings. The molecule has 1 fully saturated rings. The number of aliphatic imine (C=N–C) groups is 2. The van der Waals surface area contributed by atoms with Gasteiger partial charge >= 0.3 is 0 Å². The zero-order chi connectivity index (χ0) is 22.9. The third-order valence-electron chi connectivity index (χ3n) is 5.95. The molecule has 2 aliphatic heterocycles. The number of nitrogens with one attached hydrogen (secondary N) is 2. The van der Waals surface area contributed by atoms with Crippen molar-refractivity contribution in [3.05, 3.63) is 71.7 Å². The number of likely N-dealkylation sites (tertiary alicyclic amines) is 1. The van der Waals surface area contributed by atoms with E-state index in [0.29, 0.717) is 12.4 Å². The minimum Gasteiger partial charge on any atom is -0.366 e. The van der Waals surface area contributed by atoms with Crippen molar-refractivity contribution < 1.29 is 4.79 Å². The maximum absolute atomic E-state index is 12.3. The standard InChI is InChI=1S/C26H35N5O/c1-5-14-28-26(32)21-12-16-31(17-13-21)25-23(6-2)24(11-15-27-25)30-20(4)29-18-22-10-8-7-9-19(22)3/h6-11,15,21,29H,4-5,12-14,16-18H2,1-3H3,(H,28,32)/b23-6+,30-24-. The fourth-order valence-corrected chi connectivity index (χ4v) is 4.02. The van der Waals surface area contributed by atoms with E-state index < -0.39 is 0 Å². The van der Waals surface area contributed by atoms with Crippen molar-refractivity contribution in [2.45, 2.75) is 46.6 Å². The number of aryl methyl sites for hydroxylation is 1. The summed E-state index contributed by atoms with van der Waals surface area (Å²) in [7, 11) is 0. The highest BCUT2D eigenvalue weighted by molar-refractivity contribution is 6.29. The smallest absolute Gasteiger partial charge is 0.223 e. The molecule has 6 nitrogen and oxygen atoms in total. The van der Waals surface area contributed by atoms with Crippen molar-refractivity contribution in [1.29, 1.82) is 0 Å². The lowest BCUT2D eigenvalue weighted by molar-refractivity contribution is -0.126. The molecule has 0 atom stereocenters. The van der Waals surface area contributed by atoms with Crippen molar-refractivity contribution in [1.82, 2.24) is 15.5 Å². The molecule has 0 bridgehead atoms. The van der Waals surface area contributed by atoms with Gasteiger partial charge in [0.2, 0.25) is 5.91 Å². The van der Waals surface area contributed by atoms with Gasteiger partial charge in [0.15, 0.2) is 0 Å². The summed E-state index contributed by atoms with van der Waals surface area (Å²) in [5, 5.41) is 6.35. The summed E-state index contributed by atoms with van der Waals surface area (Å²) >= 11 is 0. The molecule has 3 rings (SSSR count). The maximum atomic E-state index is 12.3. The molecule has 0 unspecified atom stereocenters. The highest BCUT2D eigenvalue weighted by atomic mass is 16.1. The number of hydrogen-bond acceptors (Lipinski definition) is 5. The molecular formula is C26H35N5O. The van der Waals surface area contributed by atoms with Gasteiger partial charge in [0, 0.05) is 43.9 Å². The van der Waals surface area contributed by atoms with E-state index >= 15 is 0 Å². The Balaban J connectivity index is 1.61. The van der Waals surface area contributed by atoms with E-state index in [4.69, 9.17) is 4.99 Å². The lowest BCUT2D eigenvalue weighted by atomic mass is 9.94. The second-order valence-electron chi connectivity index (χ2n) is 8.25. The summed E-state index contributed by atoms with van der Waals surface area (Å²) in [5.41, 5.74) is 4.32. The van der Waals surface area contributed by atoms with Gasteiger partial charge in [-0.25, -0.2) is 9.98 Å². The van der Waals surface area contributed by atoms with E-state index in [-0.39, 0.29) is 11.8 Å². The number of piperidine rings is 1. The zero-order valence-electron chi connectivity index (χ0n) is 19.5. The fourth-order valence-electron chi connectivity index (χ4n) is 4.02. The zero-order valence-corrected chi connectivity index (χ0v) is 19.5. The number of carbonyl (C=O) groups is 1. The second-order valence-corrected chi connectivity index (χ2v) is 8.25. The van der Waals surface area contributed by atoms with Crippen LogP contribution in [-0.4, -0.2) is 42.0 Å². The Labute approximate surface area is 191 Å². The highest BCUT2D eigenvalue weighted by Gasteiger charge is 2.28. The Bertz CT molecular complexity index is 949. The van der Waals surface area contributed by atoms with Crippen molar-refractivity contribution >= 4 is 17.5 Å². The van der Waals surface area contributed by atoms with Gasteiger partial charge in [-0.3, -0.25) is 4.79 Å². The lowest BCUT2D eigenvalue weighted by Crippen LogP contribution is -2.44. The summed E-state index contributed by atoms with van der Waals surface area (Å²) in [6.45, 7) is 13.3. The van der Waals surface area contributed by atoms with E-state index in [2.05, 4.69) is 59.2 Å². The Morgan fingerprint density at radius 3 is 2.72 bits per heavy atom. The average Bonchev–Trinajstić information content (AvgIpc) is 2.82. The molecule has 170 valence electrons. The van der Waals surface area contributed by atoms with Crippen LogP contribution in [0, 0.1) is 12.8 Å². The average molecular weight is 434 g/mol. The number of benzene rings is 1. The fraction of sp³-hybridized carbons (Fsp3) is 0.423. The first-order chi connectivity index (χ1) is 15.5. The van der Waals surface area contributed by atoms with Crippen LogP contribution in [-0.2, 0) is 11.3 Å². The third-order valence-corrected chi connectivity index (χ3v) is 5.95. The molecular weight excluding hydrogens is 398 g/mol. The number of carbonyl (C=O) groups excluding carboxylic acids is 1. The van der Waals surface area contributed by atoms with Crippen LogP contribution in [0.2, 0.25) is 0 Å². The van der Waals surface area contributed by atoms with Crippen LogP contribution >= 0.6 is 0 Å². The maximum Gasteiger partial charge on any atom is 0.223 e. The molecule has 2 aliphatic rings. The lowest BCUT2D eigenvalue weighted by Gasteiger charge is -2.35. The molecule has 0 spiro atoms. The van der Waals surface area contributed by atoms with Crippen LogP contribution in [0.3, 0.4) is 0 Å². The quantitative estimate of drug-likeness (QED) is 0.680. The van der Waals surface area contributed by atoms with Crippen molar-refractivity contribution in [2.24, 2.45) is 15.9 Å². The summed E-state index contributed by atoms with van der Waals surface area (Å²) in [4.78, 5) is 24.0. The molecule has 0 aromatic heterocycles. The van der Waals surface area contributed by atoms with Gasteiger partial charge in [-0.05, 0) is 50.3 Å². The van der Waals surface area contributed by atoms with E-state index in [9.17, 15) is 4.79 Å². The molecule has 1 saturated heterocycles. The van der Waals surface area contributed by atoms with Crippen LogP contribution in [0.4, 0.5) is 0 Å². The second kappa shape index (κ2) is 11.5. The molecule has 2 N–H and O–H groups in total. The van der Waals surface area contributed by atoms with Gasteiger partial charge in [0.25, 0.3) is 0 Å². The van der Waals surface area contributed by atoms with Gasteiger partial charge in [-0.15, -0.1) is 0 Å². The van der Waals surface area contributed by atoms with Gasteiger partial charge < -0.3 is 15.5 Å². The van der Waals surface area contributed by atoms with Crippen LogP contribution in [0.15, 0.2) is 70.6 Å². The molecule has 0 radical (unpaired) electrons. The van der Waals surface area contributed by atoms with Crippen LogP contribution in [0.25, 0.3) is 0 Å². The normalized spacial score (nSPS) is 19.2. The minimum atomic E-state index is 0.0881. The Hall–Kier alpha value is -3.15. The third kappa shape index (κ3) is 5.96. The van der Waals surface area contributed by atoms with Crippen molar-refractivity contribution in [2.75, 3.05) is 19.6 Å². The SMILES string of the molecule is C=C(/N=C1/C=CN=C(N2CCC(C(=O)NCCC)CC2)/C1=C/C)NCc1ccccc1C. The summed E-state index contributed by atoms with van der Waals surface area (Å²) < 4.78 is 0. The number of rotatable bonds is 7. The molecule has 0 saturated carbocycles. The Morgan fingerprint density at radius 2 is 2.03 bits per heavy atom. The molecule has 2 heterocycles. The number of allylic oxidation sites excluding steroid dienone is 2. The predicted octanol–water partition coefficient (Wildman–Crippen LogP) is 4.11. The van der Waals surface area contributed by atoms with Crippen molar-refractivity contribution in [3.8, 4) is 0 Å².